The van der Waals surface area contributed by atoms with E-state index in [1.807, 2.05) is 13.8 Å². The molecule has 0 aliphatic rings. The summed E-state index contributed by atoms with van der Waals surface area (Å²) in [5, 5.41) is 5.20. The number of hydrogen-bond donors (Lipinski definition) is 2. The number of benzene rings is 2. The van der Waals surface area contributed by atoms with Crippen molar-refractivity contribution >= 4 is 62.0 Å². The summed E-state index contributed by atoms with van der Waals surface area (Å²) in [6, 6.07) is 8.48. The molecule has 146 valence electrons. The topological polar surface area (TPSA) is 89.6 Å². The molecule has 0 aliphatic heterocycles. The van der Waals surface area contributed by atoms with Crippen LogP contribution in [0.2, 0.25) is 10.0 Å². The maximum absolute atomic E-state index is 12.3. The van der Waals surface area contributed by atoms with E-state index >= 15 is 0 Å². The standard InChI is InChI=1S/C19H18Cl2N4O2S/c1-10(2)9-27-17-13(20)5-11(6-14(17)21)8-23-25-18(26)12-3-4-15-16(7-12)28-19(22)24-15/h3-8,10H,9H2,1-2H3,(H2,22,24)(H,25,26)/b23-8-. The van der Waals surface area contributed by atoms with Gasteiger partial charge in [-0.3, -0.25) is 4.79 Å². The second-order valence-electron chi connectivity index (χ2n) is 6.45. The van der Waals surface area contributed by atoms with Crippen LogP contribution in [0.15, 0.2) is 35.4 Å². The number of nitrogens with two attached hydrogens (primary N) is 1. The summed E-state index contributed by atoms with van der Waals surface area (Å²) in [6.45, 7) is 4.58. The van der Waals surface area contributed by atoms with Crippen molar-refractivity contribution in [2.75, 3.05) is 12.3 Å². The van der Waals surface area contributed by atoms with Crippen molar-refractivity contribution < 1.29 is 9.53 Å². The van der Waals surface area contributed by atoms with Crippen LogP contribution < -0.4 is 15.9 Å². The van der Waals surface area contributed by atoms with E-state index in [-0.39, 0.29) is 5.91 Å². The Labute approximate surface area is 176 Å². The van der Waals surface area contributed by atoms with Gasteiger partial charge in [-0.25, -0.2) is 10.4 Å². The zero-order valence-electron chi connectivity index (χ0n) is 15.2. The smallest absolute Gasteiger partial charge is 0.271 e. The number of anilines is 1. The molecule has 0 radical (unpaired) electrons. The number of nitrogen functional groups attached to an aromatic ring is 1. The van der Waals surface area contributed by atoms with Crippen LogP contribution in [-0.4, -0.2) is 23.7 Å². The van der Waals surface area contributed by atoms with Gasteiger partial charge in [0.05, 0.1) is 33.1 Å². The molecule has 0 spiro atoms. The summed E-state index contributed by atoms with van der Waals surface area (Å²) in [7, 11) is 0. The van der Waals surface area contributed by atoms with Crippen molar-refractivity contribution in [3.05, 3.63) is 51.5 Å². The third-order valence-corrected chi connectivity index (χ3v) is 5.04. The molecular formula is C19H18Cl2N4O2S. The number of ether oxygens (including phenoxy) is 1. The van der Waals surface area contributed by atoms with Gasteiger partial charge in [0.25, 0.3) is 5.91 Å². The highest BCUT2D eigenvalue weighted by Crippen LogP contribution is 2.34. The number of thiazole rings is 1. The number of hydrazone groups is 1. The summed E-state index contributed by atoms with van der Waals surface area (Å²) < 4.78 is 6.47. The van der Waals surface area contributed by atoms with Gasteiger partial charge in [-0.2, -0.15) is 5.10 Å². The van der Waals surface area contributed by atoms with Crippen LogP contribution in [0, 0.1) is 5.92 Å². The lowest BCUT2D eigenvalue weighted by atomic mass is 10.2. The number of aromatic nitrogens is 1. The van der Waals surface area contributed by atoms with Gasteiger partial charge in [-0.15, -0.1) is 0 Å². The fraction of sp³-hybridized carbons (Fsp3) is 0.211. The van der Waals surface area contributed by atoms with Gasteiger partial charge in [0.15, 0.2) is 10.9 Å². The molecule has 1 amide bonds. The molecule has 0 saturated carbocycles. The molecule has 6 nitrogen and oxygen atoms in total. The van der Waals surface area contributed by atoms with Crippen molar-refractivity contribution in [3.63, 3.8) is 0 Å². The maximum atomic E-state index is 12.3. The average molecular weight is 437 g/mol. The highest BCUT2D eigenvalue weighted by Gasteiger charge is 2.11. The summed E-state index contributed by atoms with van der Waals surface area (Å²) in [5.41, 5.74) is 10.0. The van der Waals surface area contributed by atoms with Crippen LogP contribution in [0.4, 0.5) is 5.13 Å². The summed E-state index contributed by atoms with van der Waals surface area (Å²) in [4.78, 5) is 16.4. The van der Waals surface area contributed by atoms with Crippen molar-refractivity contribution in [1.82, 2.24) is 10.4 Å². The fourth-order valence-electron chi connectivity index (χ4n) is 2.36. The Morgan fingerprint density at radius 1 is 1.32 bits per heavy atom. The highest BCUT2D eigenvalue weighted by molar-refractivity contribution is 7.22. The minimum Gasteiger partial charge on any atom is -0.490 e. The number of rotatable bonds is 6. The molecule has 9 heteroatoms. The van der Waals surface area contributed by atoms with E-state index in [4.69, 9.17) is 33.7 Å². The first-order valence-corrected chi connectivity index (χ1v) is 10.0. The average Bonchev–Trinajstić information content (AvgIpc) is 2.99. The van der Waals surface area contributed by atoms with Crippen LogP contribution >= 0.6 is 34.5 Å². The lowest BCUT2D eigenvalue weighted by Gasteiger charge is -2.12. The molecule has 1 aromatic heterocycles. The molecular weight excluding hydrogens is 419 g/mol. The van der Waals surface area contributed by atoms with Crippen molar-refractivity contribution in [2.24, 2.45) is 11.0 Å². The molecule has 1 heterocycles. The number of fused-ring (bicyclic) bond motifs is 1. The van der Waals surface area contributed by atoms with E-state index in [0.717, 1.165) is 10.2 Å². The number of nitrogens with zero attached hydrogens (tertiary/aromatic N) is 2. The second kappa shape index (κ2) is 8.77. The minimum absolute atomic E-state index is 0.348. The first-order valence-electron chi connectivity index (χ1n) is 8.45. The van der Waals surface area contributed by atoms with E-state index in [2.05, 4.69) is 15.5 Å². The molecule has 0 fully saturated rings. The van der Waals surface area contributed by atoms with E-state index in [0.29, 0.717) is 44.6 Å². The van der Waals surface area contributed by atoms with Crippen molar-refractivity contribution in [1.29, 1.82) is 0 Å². The summed E-state index contributed by atoms with van der Waals surface area (Å²) >= 11 is 13.8. The number of halogens is 2. The Bertz CT molecular complexity index is 1030. The molecule has 0 unspecified atom stereocenters. The first-order chi connectivity index (χ1) is 13.3. The number of carbonyl (C=O) groups is 1. The van der Waals surface area contributed by atoms with Gasteiger partial charge in [-0.1, -0.05) is 48.4 Å². The van der Waals surface area contributed by atoms with E-state index < -0.39 is 0 Å². The Morgan fingerprint density at radius 3 is 2.71 bits per heavy atom. The maximum Gasteiger partial charge on any atom is 0.271 e. The predicted octanol–water partition coefficient (Wildman–Crippen LogP) is 4.98. The van der Waals surface area contributed by atoms with Crippen LogP contribution in [0.25, 0.3) is 10.2 Å². The van der Waals surface area contributed by atoms with E-state index in [9.17, 15) is 4.79 Å². The normalized spacial score (nSPS) is 11.5. The van der Waals surface area contributed by atoms with Crippen LogP contribution in [-0.2, 0) is 0 Å². The number of nitrogens with one attached hydrogen (secondary N) is 1. The van der Waals surface area contributed by atoms with Gasteiger partial charge in [-0.05, 0) is 41.8 Å². The van der Waals surface area contributed by atoms with E-state index in [1.54, 1.807) is 30.3 Å². The minimum atomic E-state index is -0.348. The molecule has 3 N–H and O–H groups in total. The molecule has 3 rings (SSSR count). The SMILES string of the molecule is CC(C)COc1c(Cl)cc(/C=N\NC(=O)c2ccc3nc(N)sc3c2)cc1Cl. The second-order valence-corrected chi connectivity index (χ2v) is 8.33. The Balaban J connectivity index is 1.68. The number of hydrogen-bond acceptors (Lipinski definition) is 6. The van der Waals surface area contributed by atoms with E-state index in [1.165, 1.54) is 17.6 Å². The first kappa shape index (κ1) is 20.4. The lowest BCUT2D eigenvalue weighted by Crippen LogP contribution is -2.17. The number of amides is 1. The van der Waals surface area contributed by atoms with Gasteiger partial charge < -0.3 is 10.5 Å². The zero-order valence-corrected chi connectivity index (χ0v) is 17.5. The van der Waals surface area contributed by atoms with Crippen LogP contribution in [0.3, 0.4) is 0 Å². The third kappa shape index (κ3) is 4.92. The quantitative estimate of drug-likeness (QED) is 0.420. The van der Waals surface area contributed by atoms with Crippen LogP contribution in [0.5, 0.6) is 5.75 Å². The number of carbonyl (C=O) groups excluding carboxylic acids is 1. The molecule has 28 heavy (non-hydrogen) atoms. The Hall–Kier alpha value is -2.35. The Morgan fingerprint density at radius 2 is 2.04 bits per heavy atom. The largest absolute Gasteiger partial charge is 0.490 e. The fourth-order valence-corrected chi connectivity index (χ4v) is 3.74. The summed E-state index contributed by atoms with van der Waals surface area (Å²) in [6.07, 6.45) is 1.46. The van der Waals surface area contributed by atoms with Crippen molar-refractivity contribution in [3.8, 4) is 5.75 Å². The van der Waals surface area contributed by atoms with Gasteiger partial charge in [0.2, 0.25) is 0 Å². The third-order valence-electron chi connectivity index (χ3n) is 3.63. The zero-order chi connectivity index (χ0) is 20.3. The van der Waals surface area contributed by atoms with Crippen LogP contribution in [0.1, 0.15) is 29.8 Å². The molecule has 0 aliphatic carbocycles. The highest BCUT2D eigenvalue weighted by atomic mass is 35.5. The van der Waals surface area contributed by atoms with Gasteiger partial charge in [0, 0.05) is 5.56 Å². The van der Waals surface area contributed by atoms with Crippen molar-refractivity contribution in [2.45, 2.75) is 13.8 Å². The predicted molar refractivity (Wildman–Crippen MR) is 116 cm³/mol. The molecule has 2 aromatic carbocycles. The monoisotopic (exact) mass is 436 g/mol. The van der Waals surface area contributed by atoms with Gasteiger partial charge >= 0.3 is 0 Å². The Kier molecular flexibility index (Phi) is 6.39. The molecule has 0 atom stereocenters. The molecule has 0 bridgehead atoms. The summed E-state index contributed by atoms with van der Waals surface area (Å²) in [5.74, 6) is 0.443. The van der Waals surface area contributed by atoms with Gasteiger partial charge in [0.1, 0.15) is 0 Å². The molecule has 3 aromatic rings. The lowest BCUT2D eigenvalue weighted by molar-refractivity contribution is 0.0955. The molecule has 0 saturated heterocycles.